The van der Waals surface area contributed by atoms with Crippen LogP contribution >= 0.6 is 0 Å². The minimum Gasteiger partial charge on any atom is -0.383 e. The lowest BCUT2D eigenvalue weighted by molar-refractivity contribution is -0.137. The Morgan fingerprint density at radius 1 is 1.45 bits per heavy atom. The molecule has 1 heterocycles. The van der Waals surface area contributed by atoms with Gasteiger partial charge in [0.1, 0.15) is 11.6 Å². The Morgan fingerprint density at radius 2 is 2.17 bits per heavy atom. The highest BCUT2D eigenvalue weighted by Gasteiger charge is 2.32. The van der Waals surface area contributed by atoms with Crippen molar-refractivity contribution in [3.63, 3.8) is 0 Å². The Morgan fingerprint density at radius 3 is 2.72 bits per heavy atom. The number of nitrogens with one attached hydrogen (secondary N) is 1. The van der Waals surface area contributed by atoms with Crippen LogP contribution in [0.4, 0.5) is 18.9 Å². The first kappa shape index (κ1) is 22.7. The van der Waals surface area contributed by atoms with E-state index in [9.17, 15) is 31.6 Å². The Bertz CT molecular complexity index is 923. The van der Waals surface area contributed by atoms with Gasteiger partial charge in [-0.1, -0.05) is 6.07 Å². The van der Waals surface area contributed by atoms with Crippen molar-refractivity contribution in [1.29, 1.82) is 5.26 Å². The fraction of sp³-hybridized carbons (Fsp3) is 0.444. The van der Waals surface area contributed by atoms with Crippen LogP contribution in [0.25, 0.3) is 0 Å². The second kappa shape index (κ2) is 9.28. The molecule has 11 heteroatoms. The molecule has 0 aromatic heterocycles. The highest BCUT2D eigenvalue weighted by Crippen LogP contribution is 2.30. The van der Waals surface area contributed by atoms with Gasteiger partial charge < -0.3 is 15.0 Å². The topological polar surface area (TPSA) is 99.5 Å². The quantitative estimate of drug-likeness (QED) is 0.525. The number of hydrogen-bond donors (Lipinski definition) is 1. The largest absolute Gasteiger partial charge is 0.416 e. The zero-order chi connectivity index (χ0) is 21.7. The molecule has 1 aliphatic heterocycles. The van der Waals surface area contributed by atoms with Crippen molar-refractivity contribution in [2.75, 3.05) is 37.1 Å². The first-order chi connectivity index (χ1) is 13.6. The molecule has 1 fully saturated rings. The summed E-state index contributed by atoms with van der Waals surface area (Å²) in [5.74, 6) is -0.996. The first-order valence-corrected chi connectivity index (χ1v) is 10.4. The van der Waals surface area contributed by atoms with Crippen molar-refractivity contribution in [2.45, 2.75) is 18.6 Å². The minimum atomic E-state index is -4.57. The summed E-state index contributed by atoms with van der Waals surface area (Å²) in [6.45, 7) is 0.486. The molecule has 1 unspecified atom stereocenters. The van der Waals surface area contributed by atoms with Gasteiger partial charge in [-0.25, -0.2) is 8.42 Å². The number of nitrogens with zero attached hydrogens (tertiary/aromatic N) is 2. The van der Waals surface area contributed by atoms with E-state index in [-0.39, 0.29) is 35.9 Å². The summed E-state index contributed by atoms with van der Waals surface area (Å²) in [7, 11) is -1.74. The number of ether oxygens (including phenoxy) is 1. The summed E-state index contributed by atoms with van der Waals surface area (Å²) < 4.78 is 66.9. The van der Waals surface area contributed by atoms with Crippen molar-refractivity contribution in [3.05, 3.63) is 41.6 Å². The zero-order valence-electron chi connectivity index (χ0n) is 15.6. The van der Waals surface area contributed by atoms with E-state index in [0.717, 1.165) is 18.2 Å². The molecule has 1 saturated heterocycles. The summed E-state index contributed by atoms with van der Waals surface area (Å²) >= 11 is 0. The van der Waals surface area contributed by atoms with E-state index in [2.05, 4.69) is 5.32 Å². The van der Waals surface area contributed by atoms with Crippen molar-refractivity contribution in [3.8, 4) is 6.07 Å². The van der Waals surface area contributed by atoms with Gasteiger partial charge in [0.15, 0.2) is 9.84 Å². The summed E-state index contributed by atoms with van der Waals surface area (Å²) in [6.07, 6.45) is -3.00. The third kappa shape index (κ3) is 6.47. The normalized spacial score (nSPS) is 18.9. The molecule has 1 atom stereocenters. The van der Waals surface area contributed by atoms with Crippen molar-refractivity contribution < 1.29 is 31.1 Å². The fourth-order valence-corrected chi connectivity index (χ4v) is 4.60. The van der Waals surface area contributed by atoms with Crippen LogP contribution in [0.3, 0.4) is 0 Å². The van der Waals surface area contributed by atoms with Crippen molar-refractivity contribution in [2.24, 2.45) is 0 Å². The summed E-state index contributed by atoms with van der Waals surface area (Å²) in [5.41, 5.74) is -1.41. The maximum absolute atomic E-state index is 12.8. The molecule has 0 spiro atoms. The van der Waals surface area contributed by atoms with Crippen LogP contribution in [-0.4, -0.2) is 57.0 Å². The summed E-state index contributed by atoms with van der Waals surface area (Å²) in [4.78, 5) is 14.0. The third-order valence-corrected chi connectivity index (χ3v) is 6.09. The number of carbonyl (C=O) groups excluding carboxylic acids is 1. The van der Waals surface area contributed by atoms with E-state index >= 15 is 0 Å². The van der Waals surface area contributed by atoms with Crippen molar-refractivity contribution in [1.82, 2.24) is 4.90 Å². The summed E-state index contributed by atoms with van der Waals surface area (Å²) in [6, 6.07) is 5.34. The van der Waals surface area contributed by atoms with Crippen LogP contribution in [0.2, 0.25) is 0 Å². The van der Waals surface area contributed by atoms with Crippen LogP contribution < -0.4 is 5.32 Å². The van der Waals surface area contributed by atoms with Crippen molar-refractivity contribution >= 4 is 21.4 Å². The van der Waals surface area contributed by atoms with Gasteiger partial charge in [-0.05, 0) is 24.6 Å². The lowest BCUT2D eigenvalue weighted by Gasteiger charge is -2.26. The Hall–Kier alpha value is -2.58. The Balaban J connectivity index is 2.21. The molecule has 29 heavy (non-hydrogen) atoms. The van der Waals surface area contributed by atoms with Gasteiger partial charge in [0, 0.05) is 31.6 Å². The number of sulfone groups is 1. The molecule has 0 saturated carbocycles. The van der Waals surface area contributed by atoms with Crippen LogP contribution in [-0.2, 0) is 25.5 Å². The number of hydrogen-bond acceptors (Lipinski definition) is 6. The second-order valence-corrected chi connectivity index (χ2v) is 8.70. The number of halogens is 3. The molecule has 7 nitrogen and oxygen atoms in total. The third-order valence-electron chi connectivity index (χ3n) is 4.34. The lowest BCUT2D eigenvalue weighted by Crippen LogP contribution is -2.35. The molecule has 2 rings (SSSR count). The smallest absolute Gasteiger partial charge is 0.383 e. The van der Waals surface area contributed by atoms with E-state index in [0.29, 0.717) is 6.42 Å². The second-order valence-electron chi connectivity index (χ2n) is 6.47. The number of nitriles is 1. The van der Waals surface area contributed by atoms with Crippen LogP contribution in [0.15, 0.2) is 36.0 Å². The van der Waals surface area contributed by atoms with E-state index < -0.39 is 33.5 Å². The Kier molecular flexibility index (Phi) is 7.26. The molecule has 0 bridgehead atoms. The molecule has 158 valence electrons. The first-order valence-electron chi connectivity index (χ1n) is 8.61. The maximum atomic E-state index is 12.8. The van der Waals surface area contributed by atoms with Gasteiger partial charge in [-0.3, -0.25) is 4.79 Å². The van der Waals surface area contributed by atoms with Crippen LogP contribution in [0, 0.1) is 11.3 Å². The Labute approximate surface area is 166 Å². The molecule has 0 radical (unpaired) electrons. The minimum absolute atomic E-state index is 0.00725. The fourth-order valence-electron chi connectivity index (χ4n) is 2.86. The molecule has 1 N–H and O–H groups in total. The van der Waals surface area contributed by atoms with Gasteiger partial charge in [-0.2, -0.15) is 18.4 Å². The monoisotopic (exact) mass is 431 g/mol. The highest BCUT2D eigenvalue weighted by atomic mass is 32.2. The lowest BCUT2D eigenvalue weighted by atomic mass is 10.1. The predicted octanol–water partition coefficient (Wildman–Crippen LogP) is 2.19. The molecule has 1 aromatic rings. The van der Waals surface area contributed by atoms with Crippen LogP contribution in [0.5, 0.6) is 0 Å². The van der Waals surface area contributed by atoms with Gasteiger partial charge >= 0.3 is 6.18 Å². The predicted molar refractivity (Wildman–Crippen MR) is 99.4 cm³/mol. The van der Waals surface area contributed by atoms with E-state index in [1.54, 1.807) is 11.0 Å². The van der Waals surface area contributed by atoms with Gasteiger partial charge in [0.2, 0.25) is 0 Å². The molecule has 0 aliphatic carbocycles. The maximum Gasteiger partial charge on any atom is 0.416 e. The molecule has 1 amide bonds. The van der Waals surface area contributed by atoms with E-state index in [4.69, 9.17) is 4.74 Å². The molecular formula is C18H20F3N3O4S. The van der Waals surface area contributed by atoms with Gasteiger partial charge in [0.05, 0.1) is 23.7 Å². The molecule has 1 aliphatic rings. The number of amides is 1. The van der Waals surface area contributed by atoms with Gasteiger partial charge in [0.25, 0.3) is 5.91 Å². The number of carbonyl (C=O) groups is 1. The number of methoxy groups -OCH3 is 1. The number of rotatable bonds is 7. The average molecular weight is 431 g/mol. The summed E-state index contributed by atoms with van der Waals surface area (Å²) in [5, 5.41) is 11.6. The number of anilines is 1. The highest BCUT2D eigenvalue weighted by molar-refractivity contribution is 7.91. The molecular weight excluding hydrogens is 411 g/mol. The SMILES string of the molecule is COCCN(/C=C(/C#N)C(=O)Nc1cccc(C(F)(F)F)c1)C1CCS(=O)(=O)C1. The van der Waals surface area contributed by atoms with E-state index in [1.807, 2.05) is 0 Å². The average Bonchev–Trinajstić information content (AvgIpc) is 3.01. The standard InChI is InChI=1S/C18H20F3N3O4S/c1-28-7-6-24(16-5-8-29(26,27)12-16)11-13(10-22)17(25)23-15-4-2-3-14(9-15)18(19,20)21/h2-4,9,11,16H,5-8,12H2,1H3,(H,23,25)/b13-11-. The van der Waals surface area contributed by atoms with E-state index in [1.165, 1.54) is 19.4 Å². The van der Waals surface area contributed by atoms with Crippen LogP contribution in [0.1, 0.15) is 12.0 Å². The number of benzene rings is 1. The zero-order valence-corrected chi connectivity index (χ0v) is 16.4. The number of alkyl halides is 3. The van der Waals surface area contributed by atoms with Gasteiger partial charge in [-0.15, -0.1) is 0 Å². The molecule has 1 aromatic carbocycles.